The van der Waals surface area contributed by atoms with Crippen molar-refractivity contribution in [3.8, 4) is 0 Å². The van der Waals surface area contributed by atoms with E-state index in [-0.39, 0.29) is 5.82 Å². The molecule has 0 radical (unpaired) electrons. The molecule has 2 aromatic heterocycles. The minimum Gasteiger partial charge on any atom is -0.354 e. The molecule has 4 rings (SSSR count). The fraction of sp³-hybridized carbons (Fsp3) is 0.222. The average molecular weight is 323 g/mol. The van der Waals surface area contributed by atoms with Crippen LogP contribution in [0.5, 0.6) is 0 Å². The summed E-state index contributed by atoms with van der Waals surface area (Å²) in [6.45, 7) is 3.92. The van der Waals surface area contributed by atoms with Crippen molar-refractivity contribution in [2.24, 2.45) is 0 Å². The minimum absolute atomic E-state index is 0.283. The lowest BCUT2D eigenvalue weighted by Gasteiger charge is -2.28. The lowest BCUT2D eigenvalue weighted by Crippen LogP contribution is -2.43. The molecule has 0 aliphatic carbocycles. The monoisotopic (exact) mass is 323 g/mol. The van der Waals surface area contributed by atoms with Crippen LogP contribution in [0.4, 0.5) is 21.6 Å². The van der Waals surface area contributed by atoms with Crippen LogP contribution < -0.4 is 15.5 Å². The SMILES string of the molecule is Fc1ccc2c(Nc3ccc(N4CCNCC4)nc3)ccnc2c1. The molecular formula is C18H18FN5. The molecule has 0 amide bonds. The van der Waals surface area contributed by atoms with Crippen LogP contribution in [-0.4, -0.2) is 36.1 Å². The Labute approximate surface area is 139 Å². The number of nitrogens with one attached hydrogen (secondary N) is 2. The highest BCUT2D eigenvalue weighted by Crippen LogP contribution is 2.26. The van der Waals surface area contributed by atoms with Gasteiger partial charge in [0.25, 0.3) is 0 Å². The van der Waals surface area contributed by atoms with Crippen LogP contribution in [0, 0.1) is 5.82 Å². The number of piperazine rings is 1. The summed E-state index contributed by atoms with van der Waals surface area (Å²) in [6, 6.07) is 10.5. The van der Waals surface area contributed by atoms with Crippen LogP contribution in [0.1, 0.15) is 0 Å². The van der Waals surface area contributed by atoms with E-state index in [9.17, 15) is 4.39 Å². The normalized spacial score (nSPS) is 14.8. The van der Waals surface area contributed by atoms with Gasteiger partial charge in [-0.2, -0.15) is 0 Å². The maximum absolute atomic E-state index is 13.3. The zero-order valence-corrected chi connectivity index (χ0v) is 13.2. The predicted molar refractivity (Wildman–Crippen MR) is 94.3 cm³/mol. The van der Waals surface area contributed by atoms with Gasteiger partial charge in [0.15, 0.2) is 0 Å². The Morgan fingerprint density at radius 3 is 2.71 bits per heavy atom. The van der Waals surface area contributed by atoms with E-state index in [1.807, 2.05) is 24.4 Å². The maximum Gasteiger partial charge on any atom is 0.128 e. The third-order valence-electron chi connectivity index (χ3n) is 4.17. The molecule has 0 spiro atoms. The fourth-order valence-corrected chi connectivity index (χ4v) is 2.93. The Kier molecular flexibility index (Phi) is 3.96. The molecule has 0 unspecified atom stereocenters. The Morgan fingerprint density at radius 1 is 1.04 bits per heavy atom. The van der Waals surface area contributed by atoms with E-state index in [0.717, 1.165) is 48.8 Å². The number of fused-ring (bicyclic) bond motifs is 1. The average Bonchev–Trinajstić information content (AvgIpc) is 2.63. The molecule has 2 N–H and O–H groups in total. The van der Waals surface area contributed by atoms with Crippen molar-refractivity contribution in [3.05, 3.63) is 54.6 Å². The van der Waals surface area contributed by atoms with E-state index in [2.05, 4.69) is 25.5 Å². The van der Waals surface area contributed by atoms with Gasteiger partial charge in [0, 0.05) is 49.5 Å². The number of aromatic nitrogens is 2. The smallest absolute Gasteiger partial charge is 0.128 e. The largest absolute Gasteiger partial charge is 0.354 e. The van der Waals surface area contributed by atoms with Crippen molar-refractivity contribution in [1.29, 1.82) is 0 Å². The van der Waals surface area contributed by atoms with E-state index in [0.29, 0.717) is 5.52 Å². The van der Waals surface area contributed by atoms with Crippen molar-refractivity contribution in [2.45, 2.75) is 0 Å². The summed E-state index contributed by atoms with van der Waals surface area (Å²) in [5.41, 5.74) is 2.41. The number of rotatable bonds is 3. The van der Waals surface area contributed by atoms with Crippen molar-refractivity contribution in [2.75, 3.05) is 36.4 Å². The van der Waals surface area contributed by atoms with Gasteiger partial charge in [0.05, 0.1) is 17.4 Å². The van der Waals surface area contributed by atoms with Gasteiger partial charge in [0.1, 0.15) is 11.6 Å². The highest BCUT2D eigenvalue weighted by Gasteiger charge is 2.11. The minimum atomic E-state index is -0.283. The number of benzene rings is 1. The third kappa shape index (κ3) is 3.00. The van der Waals surface area contributed by atoms with Crippen molar-refractivity contribution in [1.82, 2.24) is 15.3 Å². The lowest BCUT2D eigenvalue weighted by molar-refractivity contribution is 0.585. The highest BCUT2D eigenvalue weighted by molar-refractivity contribution is 5.92. The maximum atomic E-state index is 13.3. The second-order valence-corrected chi connectivity index (χ2v) is 5.79. The molecule has 24 heavy (non-hydrogen) atoms. The lowest BCUT2D eigenvalue weighted by atomic mass is 10.2. The van der Waals surface area contributed by atoms with E-state index in [4.69, 9.17) is 0 Å². The van der Waals surface area contributed by atoms with E-state index >= 15 is 0 Å². The van der Waals surface area contributed by atoms with Gasteiger partial charge in [-0.25, -0.2) is 9.37 Å². The van der Waals surface area contributed by atoms with Gasteiger partial charge < -0.3 is 15.5 Å². The third-order valence-corrected chi connectivity index (χ3v) is 4.17. The number of anilines is 3. The number of nitrogens with zero attached hydrogens (tertiary/aromatic N) is 3. The molecule has 6 heteroatoms. The summed E-state index contributed by atoms with van der Waals surface area (Å²) in [4.78, 5) is 11.0. The summed E-state index contributed by atoms with van der Waals surface area (Å²) < 4.78 is 13.3. The number of pyridine rings is 2. The second kappa shape index (κ2) is 6.41. The summed E-state index contributed by atoms with van der Waals surface area (Å²) >= 11 is 0. The quantitative estimate of drug-likeness (QED) is 0.776. The zero-order chi connectivity index (χ0) is 16.4. The van der Waals surface area contributed by atoms with Crippen molar-refractivity contribution >= 4 is 28.1 Å². The summed E-state index contributed by atoms with van der Waals surface area (Å²) in [6.07, 6.45) is 3.50. The van der Waals surface area contributed by atoms with Crippen LogP contribution in [0.2, 0.25) is 0 Å². The van der Waals surface area contributed by atoms with Crippen molar-refractivity contribution < 1.29 is 4.39 Å². The number of hydrogen-bond donors (Lipinski definition) is 2. The molecule has 0 atom stereocenters. The van der Waals surface area contributed by atoms with Crippen LogP contribution in [0.15, 0.2) is 48.8 Å². The van der Waals surface area contributed by atoms with Gasteiger partial charge in [-0.1, -0.05) is 0 Å². The van der Waals surface area contributed by atoms with Crippen LogP contribution >= 0.6 is 0 Å². The Bertz CT molecular complexity index is 844. The van der Waals surface area contributed by atoms with Gasteiger partial charge in [0.2, 0.25) is 0 Å². The number of hydrogen-bond acceptors (Lipinski definition) is 5. The van der Waals surface area contributed by atoms with Gasteiger partial charge in [-0.15, -0.1) is 0 Å². The topological polar surface area (TPSA) is 53.1 Å². The van der Waals surface area contributed by atoms with E-state index in [1.165, 1.54) is 12.1 Å². The molecule has 1 fully saturated rings. The van der Waals surface area contributed by atoms with Crippen LogP contribution in [-0.2, 0) is 0 Å². The molecule has 3 heterocycles. The Hall–Kier alpha value is -2.73. The molecule has 5 nitrogen and oxygen atoms in total. The Morgan fingerprint density at radius 2 is 1.92 bits per heavy atom. The van der Waals surface area contributed by atoms with E-state index in [1.54, 1.807) is 12.3 Å². The fourth-order valence-electron chi connectivity index (χ4n) is 2.93. The molecule has 1 aliphatic heterocycles. The molecule has 0 bridgehead atoms. The highest BCUT2D eigenvalue weighted by atomic mass is 19.1. The van der Waals surface area contributed by atoms with Crippen LogP contribution in [0.25, 0.3) is 10.9 Å². The van der Waals surface area contributed by atoms with Gasteiger partial charge in [-0.05, 0) is 30.3 Å². The zero-order valence-electron chi connectivity index (χ0n) is 13.2. The summed E-state index contributed by atoms with van der Waals surface area (Å²) in [7, 11) is 0. The molecule has 1 saturated heterocycles. The Balaban J connectivity index is 1.57. The second-order valence-electron chi connectivity index (χ2n) is 5.79. The molecule has 1 aromatic carbocycles. The van der Waals surface area contributed by atoms with Gasteiger partial charge in [-0.3, -0.25) is 4.98 Å². The first-order chi connectivity index (χ1) is 11.8. The molecule has 122 valence electrons. The summed E-state index contributed by atoms with van der Waals surface area (Å²) in [5, 5.41) is 7.56. The van der Waals surface area contributed by atoms with Gasteiger partial charge >= 0.3 is 0 Å². The molecule has 0 saturated carbocycles. The molecule has 3 aromatic rings. The van der Waals surface area contributed by atoms with Crippen molar-refractivity contribution in [3.63, 3.8) is 0 Å². The molecule has 1 aliphatic rings. The molecular weight excluding hydrogens is 305 g/mol. The standard InChI is InChI=1S/C18H18FN5/c19-13-1-3-15-16(5-6-21-17(15)11-13)23-14-2-4-18(22-12-14)24-9-7-20-8-10-24/h1-6,11-12,20H,7-10H2,(H,21,23). The van der Waals surface area contributed by atoms with Crippen LogP contribution in [0.3, 0.4) is 0 Å². The van der Waals surface area contributed by atoms with E-state index < -0.39 is 0 Å². The summed E-state index contributed by atoms with van der Waals surface area (Å²) in [5.74, 6) is 0.706. The number of halogens is 1. The first kappa shape index (κ1) is 14.8. The predicted octanol–water partition coefficient (Wildman–Crippen LogP) is 2.92. The first-order valence-electron chi connectivity index (χ1n) is 8.03. The first-order valence-corrected chi connectivity index (χ1v) is 8.03.